The van der Waals surface area contributed by atoms with Crippen molar-refractivity contribution < 1.29 is 4.79 Å². The molecule has 1 fully saturated rings. The van der Waals surface area contributed by atoms with Gasteiger partial charge in [-0.05, 0) is 69.5 Å². The number of hydrogen-bond acceptors (Lipinski definition) is 2. The van der Waals surface area contributed by atoms with Gasteiger partial charge < -0.3 is 5.32 Å². The molecule has 0 atom stereocenters. The van der Waals surface area contributed by atoms with Crippen LogP contribution >= 0.6 is 59.1 Å². The van der Waals surface area contributed by atoms with E-state index in [1.165, 1.54) is 24.2 Å². The summed E-state index contributed by atoms with van der Waals surface area (Å²) in [6.07, 6.45) is 4.59. The topological polar surface area (TPSA) is 29.1 Å². The van der Waals surface area contributed by atoms with Crippen molar-refractivity contribution in [2.24, 2.45) is 5.92 Å². The molecule has 1 aromatic rings. The Balaban J connectivity index is 1.88. The number of rotatable bonds is 3. The van der Waals surface area contributed by atoms with E-state index in [-0.39, 0.29) is 5.91 Å². The number of nitrogens with one attached hydrogen (secondary N) is 1. The number of carbonyl (C=O) groups excluding carboxylic acids is 1. The summed E-state index contributed by atoms with van der Waals surface area (Å²) >= 11 is 11.8. The van der Waals surface area contributed by atoms with Gasteiger partial charge in [0.25, 0.3) is 5.91 Å². The lowest BCUT2D eigenvalue weighted by Crippen LogP contribution is -2.37. The second kappa shape index (κ2) is 6.86. The van der Waals surface area contributed by atoms with E-state index < -0.39 is 0 Å². The molecule has 0 unspecified atom stereocenters. The quantitative estimate of drug-likeness (QED) is 0.636. The number of alkyl halides is 1. The third kappa shape index (κ3) is 3.81. The summed E-state index contributed by atoms with van der Waals surface area (Å²) < 4.78 is 1.91. The molecule has 0 bridgehead atoms. The third-order valence-electron chi connectivity index (χ3n) is 3.27. The van der Waals surface area contributed by atoms with E-state index in [1.54, 1.807) is 0 Å². The van der Waals surface area contributed by atoms with Gasteiger partial charge in [-0.1, -0.05) is 15.9 Å². The lowest BCUT2D eigenvalue weighted by molar-refractivity contribution is 0.0927. The van der Waals surface area contributed by atoms with Crippen LogP contribution in [0.3, 0.4) is 0 Å². The first kappa shape index (κ1) is 15.0. The lowest BCUT2D eigenvalue weighted by atomic mass is 9.87. The Hall–Kier alpha value is 0.610. The molecule has 1 heterocycles. The number of hydrogen-bond donors (Lipinski definition) is 1. The largest absolute Gasteiger partial charge is 0.349 e. The number of amides is 1. The van der Waals surface area contributed by atoms with Crippen molar-refractivity contribution >= 4 is 65.0 Å². The molecular formula is C12H14Br3NOS. The van der Waals surface area contributed by atoms with Crippen molar-refractivity contribution in [2.75, 3.05) is 5.33 Å². The predicted octanol–water partition coefficient (Wildman–Crippen LogP) is 4.96. The van der Waals surface area contributed by atoms with Gasteiger partial charge in [0.1, 0.15) is 0 Å². The van der Waals surface area contributed by atoms with Crippen molar-refractivity contribution in [3.8, 4) is 0 Å². The SMILES string of the molecule is O=C(NC1CCC(CBr)CC1)c1cc(Br)c(Br)s1. The minimum Gasteiger partial charge on any atom is -0.349 e. The minimum atomic E-state index is 0.0497. The number of thiophene rings is 1. The van der Waals surface area contributed by atoms with Crippen molar-refractivity contribution in [2.45, 2.75) is 31.7 Å². The van der Waals surface area contributed by atoms with Gasteiger partial charge >= 0.3 is 0 Å². The maximum Gasteiger partial charge on any atom is 0.261 e. The van der Waals surface area contributed by atoms with Gasteiger partial charge in [0, 0.05) is 15.8 Å². The second-order valence-corrected chi connectivity index (χ2v) is 8.45. The molecule has 0 aromatic carbocycles. The highest BCUT2D eigenvalue weighted by Gasteiger charge is 2.22. The second-order valence-electron chi connectivity index (χ2n) is 4.58. The smallest absolute Gasteiger partial charge is 0.261 e. The first-order chi connectivity index (χ1) is 8.60. The van der Waals surface area contributed by atoms with Gasteiger partial charge in [0.2, 0.25) is 0 Å². The molecule has 1 saturated carbocycles. The standard InChI is InChI=1S/C12H14Br3NOS/c13-6-7-1-3-8(4-2-7)16-12(17)10-5-9(14)11(15)18-10/h5,7-8H,1-4,6H2,(H,16,17). The van der Waals surface area contributed by atoms with Crippen LogP contribution in [0.5, 0.6) is 0 Å². The fraction of sp³-hybridized carbons (Fsp3) is 0.583. The van der Waals surface area contributed by atoms with Crippen molar-refractivity contribution in [1.29, 1.82) is 0 Å². The number of carbonyl (C=O) groups is 1. The molecule has 0 radical (unpaired) electrons. The molecule has 0 aliphatic heterocycles. The molecule has 1 aliphatic carbocycles. The molecular weight excluding hydrogens is 446 g/mol. The van der Waals surface area contributed by atoms with Crippen molar-refractivity contribution in [3.63, 3.8) is 0 Å². The van der Waals surface area contributed by atoms with E-state index in [0.29, 0.717) is 6.04 Å². The van der Waals surface area contributed by atoms with Crippen LogP contribution in [0.2, 0.25) is 0 Å². The van der Waals surface area contributed by atoms with Crippen LogP contribution in [0.15, 0.2) is 14.3 Å². The first-order valence-electron chi connectivity index (χ1n) is 5.91. The summed E-state index contributed by atoms with van der Waals surface area (Å²) in [6.45, 7) is 0. The maximum atomic E-state index is 12.1. The average molecular weight is 460 g/mol. The minimum absolute atomic E-state index is 0.0497. The van der Waals surface area contributed by atoms with E-state index in [0.717, 1.165) is 37.2 Å². The Kier molecular flexibility index (Phi) is 5.72. The van der Waals surface area contributed by atoms with Crippen molar-refractivity contribution in [3.05, 3.63) is 19.2 Å². The number of halogens is 3. The molecule has 1 aromatic heterocycles. The third-order valence-corrected chi connectivity index (χ3v) is 7.44. The molecule has 0 spiro atoms. The Morgan fingerprint density at radius 1 is 1.33 bits per heavy atom. The Bertz CT molecular complexity index is 407. The normalized spacial score (nSPS) is 23.9. The van der Waals surface area contributed by atoms with Crippen LogP contribution in [0.25, 0.3) is 0 Å². The molecule has 0 saturated heterocycles. The molecule has 2 rings (SSSR count). The molecule has 1 aliphatic rings. The van der Waals surface area contributed by atoms with E-state index in [9.17, 15) is 4.79 Å². The fourth-order valence-electron chi connectivity index (χ4n) is 2.18. The monoisotopic (exact) mass is 457 g/mol. The lowest BCUT2D eigenvalue weighted by Gasteiger charge is -2.27. The molecule has 6 heteroatoms. The zero-order valence-electron chi connectivity index (χ0n) is 9.72. The zero-order valence-corrected chi connectivity index (χ0v) is 15.3. The van der Waals surface area contributed by atoms with Crippen LogP contribution in [-0.4, -0.2) is 17.3 Å². The molecule has 2 nitrogen and oxygen atoms in total. The summed E-state index contributed by atoms with van der Waals surface area (Å²) in [7, 11) is 0. The van der Waals surface area contributed by atoms with Gasteiger partial charge in [-0.25, -0.2) is 0 Å². The molecule has 18 heavy (non-hydrogen) atoms. The van der Waals surface area contributed by atoms with Gasteiger partial charge in [0.15, 0.2) is 0 Å². The molecule has 100 valence electrons. The Labute approximate surface area is 136 Å². The van der Waals surface area contributed by atoms with Gasteiger partial charge in [0.05, 0.1) is 8.66 Å². The van der Waals surface area contributed by atoms with Crippen LogP contribution in [0, 0.1) is 5.92 Å². The van der Waals surface area contributed by atoms with Crippen LogP contribution < -0.4 is 5.32 Å². The van der Waals surface area contributed by atoms with E-state index in [1.807, 2.05) is 6.07 Å². The highest BCUT2D eigenvalue weighted by molar-refractivity contribution is 9.13. The summed E-state index contributed by atoms with van der Waals surface area (Å²) in [5.41, 5.74) is 0. The predicted molar refractivity (Wildman–Crippen MR) is 86.7 cm³/mol. The van der Waals surface area contributed by atoms with Gasteiger partial charge in [-0.15, -0.1) is 11.3 Å². The van der Waals surface area contributed by atoms with Crippen LogP contribution in [0.1, 0.15) is 35.4 Å². The Morgan fingerprint density at radius 3 is 2.50 bits per heavy atom. The average Bonchev–Trinajstić information content (AvgIpc) is 2.71. The summed E-state index contributed by atoms with van der Waals surface area (Å²) in [5, 5.41) is 4.22. The highest BCUT2D eigenvalue weighted by Crippen LogP contribution is 2.32. The van der Waals surface area contributed by atoms with E-state index in [4.69, 9.17) is 0 Å². The molecule has 1 amide bonds. The first-order valence-corrected chi connectivity index (χ1v) is 9.44. The van der Waals surface area contributed by atoms with Crippen molar-refractivity contribution in [1.82, 2.24) is 5.32 Å². The maximum absolute atomic E-state index is 12.1. The summed E-state index contributed by atoms with van der Waals surface area (Å²) in [4.78, 5) is 12.8. The van der Waals surface area contributed by atoms with E-state index in [2.05, 4.69) is 53.1 Å². The fourth-order valence-corrected chi connectivity index (χ4v) is 4.76. The van der Waals surface area contributed by atoms with Crippen LogP contribution in [-0.2, 0) is 0 Å². The molecule has 1 N–H and O–H groups in total. The van der Waals surface area contributed by atoms with Gasteiger partial charge in [-0.2, -0.15) is 0 Å². The Morgan fingerprint density at radius 2 is 2.00 bits per heavy atom. The van der Waals surface area contributed by atoms with E-state index >= 15 is 0 Å². The van der Waals surface area contributed by atoms with Gasteiger partial charge in [-0.3, -0.25) is 4.79 Å². The summed E-state index contributed by atoms with van der Waals surface area (Å²) in [5.74, 6) is 0.830. The van der Waals surface area contributed by atoms with Crippen LogP contribution in [0.4, 0.5) is 0 Å². The summed E-state index contributed by atoms with van der Waals surface area (Å²) in [6, 6.07) is 2.21. The highest BCUT2D eigenvalue weighted by atomic mass is 79.9. The zero-order chi connectivity index (χ0) is 13.1.